The molecule has 0 radical (unpaired) electrons. The lowest BCUT2D eigenvalue weighted by Crippen LogP contribution is -2.54. The molecule has 2 saturated heterocycles. The zero-order valence-corrected chi connectivity index (χ0v) is 14.2. The van der Waals surface area contributed by atoms with Crippen LogP contribution in [0.1, 0.15) is 24.8 Å². The molecule has 0 spiro atoms. The molecule has 128 valence electrons. The van der Waals surface area contributed by atoms with Crippen molar-refractivity contribution in [3.63, 3.8) is 0 Å². The Labute approximate surface area is 140 Å². The van der Waals surface area contributed by atoms with Gasteiger partial charge in [-0.15, -0.1) is 0 Å². The van der Waals surface area contributed by atoms with E-state index in [4.69, 9.17) is 4.74 Å². The number of piperidine rings is 2. The maximum absolute atomic E-state index is 9.97. The van der Waals surface area contributed by atoms with E-state index in [2.05, 4.69) is 40.1 Å². The molecule has 23 heavy (non-hydrogen) atoms. The molecule has 0 saturated carbocycles. The van der Waals surface area contributed by atoms with Crippen molar-refractivity contribution in [2.45, 2.75) is 38.0 Å². The highest BCUT2D eigenvalue weighted by Gasteiger charge is 2.36. The Kier molecular flexibility index (Phi) is 6.06. The van der Waals surface area contributed by atoms with E-state index in [1.807, 2.05) is 0 Å². The molecule has 2 fully saturated rings. The topological polar surface area (TPSA) is 35.9 Å². The average molecular weight is 318 g/mol. The molecule has 4 heteroatoms. The first-order valence-corrected chi connectivity index (χ1v) is 8.93. The van der Waals surface area contributed by atoms with E-state index in [0.29, 0.717) is 12.6 Å². The number of hydrogen-bond donors (Lipinski definition) is 1. The first kappa shape index (κ1) is 16.9. The van der Waals surface area contributed by atoms with Gasteiger partial charge in [0.25, 0.3) is 0 Å². The van der Waals surface area contributed by atoms with Crippen LogP contribution in [0.15, 0.2) is 30.3 Å². The first-order valence-electron chi connectivity index (χ1n) is 8.93. The summed E-state index contributed by atoms with van der Waals surface area (Å²) in [4.78, 5) is 5.11. The fourth-order valence-electron chi connectivity index (χ4n) is 4.31. The Morgan fingerprint density at radius 1 is 1.22 bits per heavy atom. The van der Waals surface area contributed by atoms with E-state index >= 15 is 0 Å². The van der Waals surface area contributed by atoms with Gasteiger partial charge in [-0.1, -0.05) is 30.3 Å². The number of rotatable bonds is 6. The summed E-state index contributed by atoms with van der Waals surface area (Å²) in [6.45, 7) is 5.70. The Hall–Kier alpha value is -0.940. The van der Waals surface area contributed by atoms with Crippen molar-refractivity contribution in [2.24, 2.45) is 5.92 Å². The average Bonchev–Trinajstić information content (AvgIpc) is 2.56. The van der Waals surface area contributed by atoms with Crippen LogP contribution in [0.2, 0.25) is 0 Å². The zero-order chi connectivity index (χ0) is 16.1. The summed E-state index contributed by atoms with van der Waals surface area (Å²) in [6.07, 6.45) is 3.48. The largest absolute Gasteiger partial charge is 0.389 e. The number of β-amino-alcohol motifs (C(OH)–C–C–N with tert-alkyl or cyclic N) is 1. The maximum Gasteiger partial charge on any atom is 0.0900 e. The summed E-state index contributed by atoms with van der Waals surface area (Å²) in [5.41, 5.74) is 1.42. The summed E-state index contributed by atoms with van der Waals surface area (Å²) in [6, 6.07) is 11.5. The second kappa shape index (κ2) is 8.25. The molecule has 1 aromatic rings. The first-order chi connectivity index (χ1) is 11.3. The fourth-order valence-corrected chi connectivity index (χ4v) is 4.31. The van der Waals surface area contributed by atoms with Crippen LogP contribution in [0.5, 0.6) is 0 Å². The predicted octanol–water partition coefficient (Wildman–Crippen LogP) is 1.98. The zero-order valence-electron chi connectivity index (χ0n) is 14.2. The van der Waals surface area contributed by atoms with Crippen molar-refractivity contribution in [2.75, 3.05) is 39.9 Å². The van der Waals surface area contributed by atoms with Gasteiger partial charge < -0.3 is 14.7 Å². The molecule has 0 bridgehead atoms. The van der Waals surface area contributed by atoms with Gasteiger partial charge in [-0.3, -0.25) is 4.90 Å². The van der Waals surface area contributed by atoms with E-state index in [1.54, 1.807) is 7.11 Å². The van der Waals surface area contributed by atoms with Gasteiger partial charge in [0.2, 0.25) is 0 Å². The van der Waals surface area contributed by atoms with Gasteiger partial charge in [0.15, 0.2) is 0 Å². The highest BCUT2D eigenvalue weighted by molar-refractivity contribution is 5.15. The number of aliphatic hydroxyl groups is 1. The molecule has 0 amide bonds. The van der Waals surface area contributed by atoms with Crippen LogP contribution in [0.4, 0.5) is 0 Å². The molecule has 4 nitrogen and oxygen atoms in total. The van der Waals surface area contributed by atoms with E-state index in [-0.39, 0.29) is 6.10 Å². The van der Waals surface area contributed by atoms with Crippen LogP contribution in [0, 0.1) is 5.92 Å². The quantitative estimate of drug-likeness (QED) is 0.870. The Morgan fingerprint density at radius 3 is 2.83 bits per heavy atom. The van der Waals surface area contributed by atoms with Gasteiger partial charge in [0, 0.05) is 32.8 Å². The molecular weight excluding hydrogens is 288 g/mol. The molecule has 0 unspecified atom stereocenters. The van der Waals surface area contributed by atoms with Crippen molar-refractivity contribution in [3.8, 4) is 0 Å². The third kappa shape index (κ3) is 4.54. The van der Waals surface area contributed by atoms with Gasteiger partial charge in [0.1, 0.15) is 0 Å². The Balaban J connectivity index is 1.55. The number of hydrogen-bond acceptors (Lipinski definition) is 4. The van der Waals surface area contributed by atoms with E-state index in [1.165, 1.54) is 31.4 Å². The van der Waals surface area contributed by atoms with Crippen molar-refractivity contribution >= 4 is 0 Å². The number of nitrogens with zero attached hydrogens (tertiary/aromatic N) is 2. The minimum atomic E-state index is -0.361. The minimum Gasteiger partial charge on any atom is -0.389 e. The lowest BCUT2D eigenvalue weighted by Gasteiger charge is -2.47. The van der Waals surface area contributed by atoms with Crippen LogP contribution in [0.25, 0.3) is 0 Å². The van der Waals surface area contributed by atoms with Crippen molar-refractivity contribution in [1.82, 2.24) is 9.80 Å². The number of methoxy groups -OCH3 is 1. The van der Waals surface area contributed by atoms with Gasteiger partial charge in [-0.2, -0.15) is 0 Å². The molecule has 3 rings (SSSR count). The standard InChI is InChI=1S/C19H30N2O2/c1-23-15-18(22)14-20-11-9-19-17(13-20)8-5-10-21(19)12-16-6-3-2-4-7-16/h2-4,6-7,17-19,22H,5,8-15H2,1H3/t17-,18+,19-/m0/s1. The van der Waals surface area contributed by atoms with Crippen molar-refractivity contribution in [3.05, 3.63) is 35.9 Å². The summed E-state index contributed by atoms with van der Waals surface area (Å²) in [5, 5.41) is 9.97. The number of benzene rings is 1. The molecule has 2 heterocycles. The van der Waals surface area contributed by atoms with Gasteiger partial charge in [-0.25, -0.2) is 0 Å². The van der Waals surface area contributed by atoms with Crippen LogP contribution in [0.3, 0.4) is 0 Å². The molecule has 2 aliphatic heterocycles. The summed E-state index contributed by atoms with van der Waals surface area (Å²) >= 11 is 0. The van der Waals surface area contributed by atoms with E-state index in [9.17, 15) is 5.11 Å². The van der Waals surface area contributed by atoms with Crippen LogP contribution >= 0.6 is 0 Å². The smallest absolute Gasteiger partial charge is 0.0900 e. The fraction of sp³-hybridized carbons (Fsp3) is 0.684. The molecule has 0 aromatic heterocycles. The summed E-state index contributed by atoms with van der Waals surface area (Å²) in [5.74, 6) is 0.746. The number of ether oxygens (including phenoxy) is 1. The molecule has 1 aromatic carbocycles. The normalized spacial score (nSPS) is 27.6. The van der Waals surface area contributed by atoms with E-state index < -0.39 is 0 Å². The van der Waals surface area contributed by atoms with Crippen LogP contribution < -0.4 is 0 Å². The highest BCUT2D eigenvalue weighted by Crippen LogP contribution is 2.31. The lowest BCUT2D eigenvalue weighted by molar-refractivity contribution is -0.0115. The van der Waals surface area contributed by atoms with Gasteiger partial charge in [0.05, 0.1) is 12.7 Å². The SMILES string of the molecule is COC[C@H](O)CN1CC[C@H]2[C@@H](CCCN2Cc2ccccc2)C1. The highest BCUT2D eigenvalue weighted by atomic mass is 16.5. The lowest BCUT2D eigenvalue weighted by atomic mass is 9.83. The predicted molar refractivity (Wildman–Crippen MR) is 92.3 cm³/mol. The Bertz CT molecular complexity index is 468. The monoisotopic (exact) mass is 318 g/mol. The van der Waals surface area contributed by atoms with Gasteiger partial charge >= 0.3 is 0 Å². The third-order valence-electron chi connectivity index (χ3n) is 5.32. The Morgan fingerprint density at radius 2 is 2.04 bits per heavy atom. The maximum atomic E-state index is 9.97. The second-order valence-corrected chi connectivity index (χ2v) is 7.08. The van der Waals surface area contributed by atoms with Crippen molar-refractivity contribution < 1.29 is 9.84 Å². The molecule has 0 aliphatic carbocycles. The number of likely N-dealkylation sites (tertiary alicyclic amines) is 2. The molecule has 3 atom stereocenters. The molecule has 1 N–H and O–H groups in total. The van der Waals surface area contributed by atoms with Gasteiger partial charge in [-0.05, 0) is 43.8 Å². The third-order valence-corrected chi connectivity index (χ3v) is 5.32. The summed E-state index contributed by atoms with van der Waals surface area (Å²) < 4.78 is 5.05. The minimum absolute atomic E-state index is 0.361. The summed E-state index contributed by atoms with van der Waals surface area (Å²) in [7, 11) is 1.65. The number of aliphatic hydroxyl groups excluding tert-OH is 1. The molecule has 2 aliphatic rings. The van der Waals surface area contributed by atoms with Crippen LogP contribution in [-0.2, 0) is 11.3 Å². The molecular formula is C19H30N2O2. The van der Waals surface area contributed by atoms with Crippen molar-refractivity contribution in [1.29, 1.82) is 0 Å². The number of fused-ring (bicyclic) bond motifs is 1. The second-order valence-electron chi connectivity index (χ2n) is 7.08. The van der Waals surface area contributed by atoms with Crippen LogP contribution in [-0.4, -0.2) is 66.9 Å². The van der Waals surface area contributed by atoms with E-state index in [0.717, 1.165) is 32.1 Å².